The Labute approximate surface area is 219 Å². The van der Waals surface area contributed by atoms with Crippen molar-refractivity contribution < 1.29 is 19.1 Å². The van der Waals surface area contributed by atoms with Crippen LogP contribution in [-0.2, 0) is 20.7 Å². The number of aliphatic imine (C=N–C) groups is 1. The minimum Gasteiger partial charge on any atom is -0.497 e. The molecule has 0 unspecified atom stereocenters. The van der Waals surface area contributed by atoms with E-state index in [1.807, 2.05) is 59.0 Å². The highest BCUT2D eigenvalue weighted by Crippen LogP contribution is 2.45. The first-order valence-electron chi connectivity index (χ1n) is 12.0. The van der Waals surface area contributed by atoms with Crippen molar-refractivity contribution in [1.29, 1.82) is 0 Å². The maximum absolute atomic E-state index is 13.0. The predicted molar refractivity (Wildman–Crippen MR) is 145 cm³/mol. The average molecular weight is 517 g/mol. The molecule has 1 atom stereocenters. The van der Waals surface area contributed by atoms with Crippen LogP contribution in [0.1, 0.15) is 30.5 Å². The molecular formula is C28H28N4O4S. The summed E-state index contributed by atoms with van der Waals surface area (Å²) in [6.45, 7) is 2.33. The summed E-state index contributed by atoms with van der Waals surface area (Å²) in [6, 6.07) is 15.2. The molecule has 9 heteroatoms. The van der Waals surface area contributed by atoms with Crippen molar-refractivity contribution in [2.75, 3.05) is 20.8 Å². The van der Waals surface area contributed by atoms with Gasteiger partial charge in [0.1, 0.15) is 5.75 Å². The molecule has 190 valence electrons. The third kappa shape index (κ3) is 4.86. The van der Waals surface area contributed by atoms with E-state index >= 15 is 0 Å². The lowest BCUT2D eigenvalue weighted by atomic mass is 9.93. The second-order valence-electron chi connectivity index (χ2n) is 8.80. The van der Waals surface area contributed by atoms with Crippen molar-refractivity contribution in [1.82, 2.24) is 15.2 Å². The Kier molecular flexibility index (Phi) is 7.05. The van der Waals surface area contributed by atoms with Crippen LogP contribution in [0, 0.1) is 0 Å². The van der Waals surface area contributed by atoms with E-state index in [4.69, 9.17) is 9.47 Å². The normalized spacial score (nSPS) is 16.8. The molecule has 0 spiro atoms. The van der Waals surface area contributed by atoms with Crippen LogP contribution in [0.2, 0.25) is 0 Å². The summed E-state index contributed by atoms with van der Waals surface area (Å²) in [7, 11) is 2.97. The first-order chi connectivity index (χ1) is 18.0. The van der Waals surface area contributed by atoms with E-state index in [0.717, 1.165) is 28.4 Å². The number of hydrogen-bond acceptors (Lipinski definition) is 7. The first kappa shape index (κ1) is 24.7. The van der Waals surface area contributed by atoms with Gasteiger partial charge < -0.3 is 24.7 Å². The number of nitrogens with zero attached hydrogens (tertiary/aromatic N) is 2. The van der Waals surface area contributed by atoms with E-state index < -0.39 is 12.0 Å². The van der Waals surface area contributed by atoms with E-state index in [0.29, 0.717) is 23.6 Å². The number of thioether (sulfide) groups is 1. The number of H-pyrrole nitrogens is 1. The van der Waals surface area contributed by atoms with Gasteiger partial charge in [0.25, 0.3) is 0 Å². The van der Waals surface area contributed by atoms with E-state index in [1.54, 1.807) is 14.0 Å². The number of fused-ring (bicyclic) bond motifs is 2. The van der Waals surface area contributed by atoms with Crippen LogP contribution in [0.3, 0.4) is 0 Å². The minimum atomic E-state index is -0.490. The molecule has 3 aromatic rings. The van der Waals surface area contributed by atoms with Gasteiger partial charge in [-0.15, -0.1) is 0 Å². The van der Waals surface area contributed by atoms with Gasteiger partial charge in [0, 0.05) is 29.3 Å². The lowest BCUT2D eigenvalue weighted by Gasteiger charge is -2.36. The van der Waals surface area contributed by atoms with Gasteiger partial charge in [-0.2, -0.15) is 0 Å². The number of amides is 1. The maximum atomic E-state index is 13.0. The van der Waals surface area contributed by atoms with Gasteiger partial charge in [-0.25, -0.2) is 9.79 Å². The number of para-hydroxylation sites is 1. The lowest BCUT2D eigenvalue weighted by Crippen LogP contribution is -2.38. The topological polar surface area (TPSA) is 96.0 Å². The first-order valence-corrected chi connectivity index (χ1v) is 12.9. The van der Waals surface area contributed by atoms with Crippen LogP contribution in [0.15, 0.2) is 82.1 Å². The molecule has 0 aliphatic carbocycles. The summed E-state index contributed by atoms with van der Waals surface area (Å²) in [5.41, 5.74) is 4.90. The summed E-state index contributed by atoms with van der Waals surface area (Å²) in [5, 5.41) is 6.86. The highest BCUT2D eigenvalue weighted by molar-refractivity contribution is 8.16. The summed E-state index contributed by atoms with van der Waals surface area (Å²) < 4.78 is 10.6. The fourth-order valence-corrected chi connectivity index (χ4v) is 5.73. The molecule has 37 heavy (non-hydrogen) atoms. The lowest BCUT2D eigenvalue weighted by molar-refractivity contribution is -0.136. The molecule has 0 radical (unpaired) electrons. The summed E-state index contributed by atoms with van der Waals surface area (Å²) in [4.78, 5) is 35.7. The SMILES string of the molecule is COC(=O)C1=C(C)N=C2SC=C(CC(=O)NCCc3c[nH]c4ccccc34)N2[C@@H]1c1cccc(OC)c1. The molecule has 1 amide bonds. The second kappa shape index (κ2) is 10.6. The maximum Gasteiger partial charge on any atom is 0.338 e. The summed E-state index contributed by atoms with van der Waals surface area (Å²) in [5.74, 6) is 0.131. The zero-order valence-electron chi connectivity index (χ0n) is 20.9. The number of aromatic amines is 1. The Balaban J connectivity index is 1.34. The predicted octanol–water partition coefficient (Wildman–Crippen LogP) is 4.67. The zero-order chi connectivity index (χ0) is 25.9. The van der Waals surface area contributed by atoms with Gasteiger partial charge in [-0.3, -0.25) is 4.79 Å². The number of carbonyl (C=O) groups is 2. The number of allylic oxidation sites excluding steroid dienone is 1. The molecule has 5 rings (SSSR count). The van der Waals surface area contributed by atoms with E-state index in [-0.39, 0.29) is 12.3 Å². The number of rotatable bonds is 8. The Hall–Kier alpha value is -3.98. The quantitative estimate of drug-likeness (QED) is 0.423. The number of nitrogens with one attached hydrogen (secondary N) is 2. The van der Waals surface area contributed by atoms with Gasteiger partial charge >= 0.3 is 5.97 Å². The van der Waals surface area contributed by atoms with Crippen molar-refractivity contribution in [2.45, 2.75) is 25.8 Å². The Morgan fingerprint density at radius 2 is 2.00 bits per heavy atom. The molecule has 3 heterocycles. The molecule has 0 bridgehead atoms. The van der Waals surface area contributed by atoms with Crippen LogP contribution in [0.25, 0.3) is 10.9 Å². The van der Waals surface area contributed by atoms with Crippen molar-refractivity contribution in [3.63, 3.8) is 0 Å². The monoisotopic (exact) mass is 516 g/mol. The number of ether oxygens (including phenoxy) is 2. The molecule has 2 N–H and O–H groups in total. The Morgan fingerprint density at radius 1 is 1.16 bits per heavy atom. The Morgan fingerprint density at radius 3 is 2.81 bits per heavy atom. The molecule has 2 aliphatic rings. The van der Waals surface area contributed by atoms with Crippen molar-refractivity contribution in [3.05, 3.63) is 88.2 Å². The fraction of sp³-hybridized carbons (Fsp3) is 0.250. The molecule has 2 aromatic carbocycles. The number of esters is 1. The largest absolute Gasteiger partial charge is 0.497 e. The van der Waals surface area contributed by atoms with Crippen LogP contribution in [-0.4, -0.2) is 47.7 Å². The number of hydrogen-bond donors (Lipinski definition) is 2. The van der Waals surface area contributed by atoms with Gasteiger partial charge in [-0.1, -0.05) is 42.1 Å². The number of amidine groups is 1. The highest BCUT2D eigenvalue weighted by atomic mass is 32.2. The fourth-order valence-electron chi connectivity index (χ4n) is 4.77. The smallest absolute Gasteiger partial charge is 0.338 e. The average Bonchev–Trinajstić information content (AvgIpc) is 3.51. The third-order valence-corrected chi connectivity index (χ3v) is 7.44. The second-order valence-corrected chi connectivity index (χ2v) is 9.63. The van der Waals surface area contributed by atoms with Crippen molar-refractivity contribution >= 4 is 39.7 Å². The number of methoxy groups -OCH3 is 2. The summed E-state index contributed by atoms with van der Waals surface area (Å²) >= 11 is 1.45. The van der Waals surface area contributed by atoms with Gasteiger partial charge in [-0.05, 0) is 48.1 Å². The molecule has 1 aromatic heterocycles. The van der Waals surface area contributed by atoms with Crippen LogP contribution < -0.4 is 10.1 Å². The van der Waals surface area contributed by atoms with Gasteiger partial charge in [0.05, 0.1) is 38.0 Å². The van der Waals surface area contributed by atoms with E-state index in [9.17, 15) is 9.59 Å². The van der Waals surface area contributed by atoms with Crippen molar-refractivity contribution in [2.24, 2.45) is 4.99 Å². The molecule has 8 nitrogen and oxygen atoms in total. The summed E-state index contributed by atoms with van der Waals surface area (Å²) in [6.07, 6.45) is 2.87. The van der Waals surface area contributed by atoms with Gasteiger partial charge in [0.15, 0.2) is 5.17 Å². The minimum absolute atomic E-state index is 0.0942. The van der Waals surface area contributed by atoms with Gasteiger partial charge in [0.2, 0.25) is 5.91 Å². The number of aromatic nitrogens is 1. The van der Waals surface area contributed by atoms with Crippen LogP contribution in [0.4, 0.5) is 0 Å². The molecule has 2 aliphatic heterocycles. The third-order valence-electron chi connectivity index (χ3n) is 6.55. The Bertz CT molecular complexity index is 1460. The molecule has 0 fully saturated rings. The zero-order valence-corrected chi connectivity index (χ0v) is 21.7. The van der Waals surface area contributed by atoms with Crippen LogP contribution in [0.5, 0.6) is 5.75 Å². The number of benzene rings is 2. The van der Waals surface area contributed by atoms with E-state index in [2.05, 4.69) is 21.4 Å². The highest BCUT2D eigenvalue weighted by Gasteiger charge is 2.41. The standard InChI is InChI=1S/C28H28N4O4S/c1-17-25(27(34)36-3)26(18-7-6-8-21(13-18)35-2)32-20(16-37-28(32)31-17)14-24(33)29-12-11-19-15-30-23-10-5-4-9-22(19)23/h4-10,13,15-16,26,30H,11-12,14H2,1-3H3,(H,29,33)/t26-/m1/s1. The molecule has 0 saturated carbocycles. The molecule has 0 saturated heterocycles. The van der Waals surface area contributed by atoms with E-state index in [1.165, 1.54) is 29.8 Å². The van der Waals surface area contributed by atoms with Crippen molar-refractivity contribution in [3.8, 4) is 5.75 Å². The number of carbonyl (C=O) groups excluding carboxylic acids is 2. The molecular weight excluding hydrogens is 488 g/mol. The van der Waals surface area contributed by atoms with Crippen LogP contribution >= 0.6 is 11.8 Å².